The van der Waals surface area contributed by atoms with E-state index in [0.717, 1.165) is 32.2 Å². The maximum atomic E-state index is 5.55. The maximum Gasteiger partial charge on any atom is 0.0478 e. The fourth-order valence-electron chi connectivity index (χ4n) is 2.51. The summed E-state index contributed by atoms with van der Waals surface area (Å²) in [5, 5.41) is 7.21. The summed E-state index contributed by atoms with van der Waals surface area (Å²) in [4.78, 5) is 0. The van der Waals surface area contributed by atoms with Gasteiger partial charge >= 0.3 is 0 Å². The van der Waals surface area contributed by atoms with Crippen LogP contribution in [0.2, 0.25) is 0 Å². The van der Waals surface area contributed by atoms with Crippen molar-refractivity contribution in [3.63, 3.8) is 0 Å². The van der Waals surface area contributed by atoms with Gasteiger partial charge in [-0.1, -0.05) is 19.8 Å². The number of nitrogens with one attached hydrogen (secondary N) is 2. The Hall–Kier alpha value is -0.120. The van der Waals surface area contributed by atoms with E-state index >= 15 is 0 Å². The van der Waals surface area contributed by atoms with Gasteiger partial charge in [-0.05, 0) is 52.1 Å². The zero-order chi connectivity index (χ0) is 13.1. The highest BCUT2D eigenvalue weighted by atomic mass is 16.5. The Balaban J connectivity index is 1.88. The van der Waals surface area contributed by atoms with Crippen LogP contribution in [0.1, 0.15) is 58.8 Å². The third-order valence-electron chi connectivity index (χ3n) is 3.65. The summed E-state index contributed by atoms with van der Waals surface area (Å²) < 4.78 is 5.55. The third-order valence-corrected chi connectivity index (χ3v) is 3.65. The molecule has 0 radical (unpaired) electrons. The highest BCUT2D eigenvalue weighted by Crippen LogP contribution is 2.11. The molecule has 1 saturated heterocycles. The second kappa shape index (κ2) is 10.8. The van der Waals surface area contributed by atoms with Crippen LogP contribution >= 0.6 is 0 Å². The molecule has 3 nitrogen and oxygen atoms in total. The predicted octanol–water partition coefficient (Wildman–Crippen LogP) is 2.70. The van der Waals surface area contributed by atoms with Crippen LogP contribution in [0.5, 0.6) is 0 Å². The SMILES string of the molecule is CCCCOCCCNC(C)CC1CCCCN1. The monoisotopic (exact) mass is 256 g/mol. The molecule has 1 heterocycles. The second-order valence-electron chi connectivity index (χ2n) is 5.56. The minimum absolute atomic E-state index is 0.622. The molecule has 2 atom stereocenters. The molecular weight excluding hydrogens is 224 g/mol. The molecule has 0 aliphatic carbocycles. The fraction of sp³-hybridized carbons (Fsp3) is 1.00. The number of unbranched alkanes of at least 4 members (excludes halogenated alkanes) is 1. The minimum atomic E-state index is 0.622. The summed E-state index contributed by atoms with van der Waals surface area (Å²) in [6.45, 7) is 8.63. The first kappa shape index (κ1) is 15.9. The molecule has 18 heavy (non-hydrogen) atoms. The second-order valence-corrected chi connectivity index (χ2v) is 5.56. The zero-order valence-electron chi connectivity index (χ0n) is 12.3. The van der Waals surface area contributed by atoms with Gasteiger partial charge in [-0.2, -0.15) is 0 Å². The van der Waals surface area contributed by atoms with Crippen molar-refractivity contribution < 1.29 is 4.74 Å². The molecule has 1 fully saturated rings. The molecule has 0 saturated carbocycles. The van der Waals surface area contributed by atoms with Crippen molar-refractivity contribution in [3.05, 3.63) is 0 Å². The van der Waals surface area contributed by atoms with Gasteiger partial charge in [0, 0.05) is 25.3 Å². The summed E-state index contributed by atoms with van der Waals surface area (Å²) in [5.74, 6) is 0. The molecule has 0 aromatic carbocycles. The lowest BCUT2D eigenvalue weighted by atomic mass is 9.99. The van der Waals surface area contributed by atoms with Crippen LogP contribution < -0.4 is 10.6 Å². The van der Waals surface area contributed by atoms with E-state index in [1.54, 1.807) is 0 Å². The first-order valence-corrected chi connectivity index (χ1v) is 7.87. The molecule has 0 aromatic rings. The Morgan fingerprint density at radius 1 is 1.28 bits per heavy atom. The maximum absolute atomic E-state index is 5.55. The van der Waals surface area contributed by atoms with Crippen molar-refractivity contribution in [2.45, 2.75) is 70.9 Å². The Bertz CT molecular complexity index is 181. The molecule has 0 amide bonds. The molecule has 1 aliphatic heterocycles. The molecule has 0 spiro atoms. The first-order chi connectivity index (χ1) is 8.83. The summed E-state index contributed by atoms with van der Waals surface area (Å²) in [5.41, 5.74) is 0. The van der Waals surface area contributed by atoms with Gasteiger partial charge in [-0.25, -0.2) is 0 Å². The molecule has 2 unspecified atom stereocenters. The normalized spacial score (nSPS) is 22.0. The Morgan fingerprint density at radius 2 is 2.11 bits per heavy atom. The fourth-order valence-corrected chi connectivity index (χ4v) is 2.51. The third kappa shape index (κ3) is 8.06. The summed E-state index contributed by atoms with van der Waals surface area (Å²) in [6.07, 6.45) is 8.92. The molecular formula is C15H32N2O. The molecule has 2 N–H and O–H groups in total. The quantitative estimate of drug-likeness (QED) is 0.590. The molecule has 0 aromatic heterocycles. The van der Waals surface area contributed by atoms with Crippen LogP contribution in [-0.2, 0) is 4.74 Å². The molecule has 0 bridgehead atoms. The van der Waals surface area contributed by atoms with Crippen molar-refractivity contribution in [1.29, 1.82) is 0 Å². The van der Waals surface area contributed by atoms with E-state index in [0.29, 0.717) is 6.04 Å². The largest absolute Gasteiger partial charge is 0.381 e. The number of hydrogen-bond donors (Lipinski definition) is 2. The lowest BCUT2D eigenvalue weighted by Crippen LogP contribution is -2.40. The molecule has 1 rings (SSSR count). The van der Waals surface area contributed by atoms with Gasteiger partial charge in [-0.3, -0.25) is 0 Å². The van der Waals surface area contributed by atoms with E-state index in [2.05, 4.69) is 24.5 Å². The standard InChI is InChI=1S/C15H32N2O/c1-3-4-11-18-12-7-10-16-14(2)13-15-8-5-6-9-17-15/h14-17H,3-13H2,1-2H3. The smallest absolute Gasteiger partial charge is 0.0478 e. The lowest BCUT2D eigenvalue weighted by molar-refractivity contribution is 0.128. The molecule has 3 heteroatoms. The van der Waals surface area contributed by atoms with Crippen molar-refractivity contribution in [3.8, 4) is 0 Å². The minimum Gasteiger partial charge on any atom is -0.381 e. The van der Waals surface area contributed by atoms with E-state index < -0.39 is 0 Å². The van der Waals surface area contributed by atoms with Gasteiger partial charge in [0.2, 0.25) is 0 Å². The average molecular weight is 256 g/mol. The summed E-state index contributed by atoms with van der Waals surface area (Å²) in [6, 6.07) is 1.36. The van der Waals surface area contributed by atoms with Gasteiger partial charge in [-0.15, -0.1) is 0 Å². The zero-order valence-corrected chi connectivity index (χ0v) is 12.3. The molecule has 1 aliphatic rings. The van der Waals surface area contributed by atoms with Gasteiger partial charge < -0.3 is 15.4 Å². The highest BCUT2D eigenvalue weighted by molar-refractivity contribution is 4.76. The van der Waals surface area contributed by atoms with Gasteiger partial charge in [0.1, 0.15) is 0 Å². The van der Waals surface area contributed by atoms with Gasteiger partial charge in [0.05, 0.1) is 0 Å². The van der Waals surface area contributed by atoms with Gasteiger partial charge in [0.25, 0.3) is 0 Å². The van der Waals surface area contributed by atoms with E-state index in [4.69, 9.17) is 4.74 Å². The summed E-state index contributed by atoms with van der Waals surface area (Å²) in [7, 11) is 0. The van der Waals surface area contributed by atoms with Crippen LogP contribution in [0.3, 0.4) is 0 Å². The van der Waals surface area contributed by atoms with Crippen molar-refractivity contribution in [2.24, 2.45) is 0 Å². The van der Waals surface area contributed by atoms with Crippen LogP contribution in [0.25, 0.3) is 0 Å². The van der Waals surface area contributed by atoms with Crippen molar-refractivity contribution in [1.82, 2.24) is 10.6 Å². The Morgan fingerprint density at radius 3 is 2.83 bits per heavy atom. The van der Waals surface area contributed by atoms with Crippen LogP contribution in [0.4, 0.5) is 0 Å². The summed E-state index contributed by atoms with van der Waals surface area (Å²) >= 11 is 0. The Kier molecular flexibility index (Phi) is 9.54. The topological polar surface area (TPSA) is 33.3 Å². The van der Waals surface area contributed by atoms with Gasteiger partial charge in [0.15, 0.2) is 0 Å². The van der Waals surface area contributed by atoms with E-state index in [1.165, 1.54) is 45.1 Å². The number of ether oxygens (including phenoxy) is 1. The van der Waals surface area contributed by atoms with Crippen molar-refractivity contribution >= 4 is 0 Å². The number of rotatable bonds is 10. The van der Waals surface area contributed by atoms with E-state index in [9.17, 15) is 0 Å². The number of hydrogen-bond acceptors (Lipinski definition) is 3. The number of piperidine rings is 1. The van der Waals surface area contributed by atoms with Crippen LogP contribution in [-0.4, -0.2) is 38.4 Å². The van der Waals surface area contributed by atoms with E-state index in [-0.39, 0.29) is 0 Å². The van der Waals surface area contributed by atoms with E-state index in [1.807, 2.05) is 0 Å². The highest BCUT2D eigenvalue weighted by Gasteiger charge is 2.14. The van der Waals surface area contributed by atoms with Crippen LogP contribution in [0.15, 0.2) is 0 Å². The Labute approximate surface area is 113 Å². The molecule has 108 valence electrons. The lowest BCUT2D eigenvalue weighted by Gasteiger charge is -2.26. The van der Waals surface area contributed by atoms with Crippen molar-refractivity contribution in [2.75, 3.05) is 26.3 Å². The van der Waals surface area contributed by atoms with Crippen LogP contribution in [0, 0.1) is 0 Å². The predicted molar refractivity (Wildman–Crippen MR) is 78.1 cm³/mol. The average Bonchev–Trinajstić information content (AvgIpc) is 2.39. The first-order valence-electron chi connectivity index (χ1n) is 7.87.